The molecule has 0 aromatic carbocycles. The summed E-state index contributed by atoms with van der Waals surface area (Å²) >= 11 is 1.72. The van der Waals surface area contributed by atoms with Gasteiger partial charge in [0.05, 0.1) is 6.04 Å². The molecule has 0 bridgehead atoms. The fourth-order valence-corrected chi connectivity index (χ4v) is 2.19. The molecule has 0 aliphatic carbocycles. The van der Waals surface area contributed by atoms with Gasteiger partial charge in [-0.3, -0.25) is 0 Å². The molecule has 0 amide bonds. The lowest BCUT2D eigenvalue weighted by Crippen LogP contribution is -2.15. The number of imidazole rings is 1. The molecule has 0 fully saturated rings. The fourth-order valence-electron chi connectivity index (χ4n) is 1.45. The Morgan fingerprint density at radius 3 is 2.86 bits per heavy atom. The van der Waals surface area contributed by atoms with Gasteiger partial charge in [0.25, 0.3) is 0 Å². The van der Waals surface area contributed by atoms with Crippen molar-refractivity contribution in [3.8, 4) is 0 Å². The molecular formula is C10H13N3S. The molecule has 0 aliphatic rings. The molecule has 0 saturated heterocycles. The summed E-state index contributed by atoms with van der Waals surface area (Å²) < 4.78 is 1.96. The van der Waals surface area contributed by atoms with E-state index in [4.69, 9.17) is 5.73 Å². The van der Waals surface area contributed by atoms with Crippen LogP contribution in [-0.2, 0) is 7.05 Å². The molecule has 2 heterocycles. The van der Waals surface area contributed by atoms with Gasteiger partial charge in [0, 0.05) is 24.3 Å². The van der Waals surface area contributed by atoms with Gasteiger partial charge in [-0.25, -0.2) is 4.98 Å². The van der Waals surface area contributed by atoms with E-state index in [1.807, 2.05) is 17.8 Å². The van der Waals surface area contributed by atoms with E-state index in [9.17, 15) is 0 Å². The second-order valence-electron chi connectivity index (χ2n) is 3.36. The van der Waals surface area contributed by atoms with Crippen molar-refractivity contribution in [3.63, 3.8) is 0 Å². The molecule has 1 unspecified atom stereocenters. The maximum absolute atomic E-state index is 6.10. The maximum atomic E-state index is 6.10. The average Bonchev–Trinajstić information content (AvgIpc) is 2.73. The van der Waals surface area contributed by atoms with Gasteiger partial charge in [-0.1, -0.05) is 0 Å². The summed E-state index contributed by atoms with van der Waals surface area (Å²) in [6.45, 7) is 2.08. The number of thiophene rings is 1. The van der Waals surface area contributed by atoms with Gasteiger partial charge < -0.3 is 10.3 Å². The predicted molar refractivity (Wildman–Crippen MR) is 58.3 cm³/mol. The standard InChI is InChI=1S/C10H13N3S/c1-7-5-8(6-14-7)9(11)10-12-3-4-13(10)2/h3-6,9H,11H2,1-2H3. The van der Waals surface area contributed by atoms with Gasteiger partial charge in [-0.05, 0) is 23.9 Å². The van der Waals surface area contributed by atoms with Gasteiger partial charge in [-0.15, -0.1) is 11.3 Å². The number of aromatic nitrogens is 2. The Morgan fingerprint density at radius 1 is 1.57 bits per heavy atom. The Balaban J connectivity index is 2.33. The highest BCUT2D eigenvalue weighted by Crippen LogP contribution is 2.22. The molecule has 14 heavy (non-hydrogen) atoms. The first kappa shape index (κ1) is 9.43. The van der Waals surface area contributed by atoms with Crippen molar-refractivity contribution in [2.24, 2.45) is 12.8 Å². The summed E-state index contributed by atoms with van der Waals surface area (Å²) in [7, 11) is 1.96. The molecule has 1 atom stereocenters. The lowest BCUT2D eigenvalue weighted by atomic mass is 10.1. The lowest BCUT2D eigenvalue weighted by Gasteiger charge is -2.09. The fraction of sp³-hybridized carbons (Fsp3) is 0.300. The summed E-state index contributed by atoms with van der Waals surface area (Å²) in [5.41, 5.74) is 7.24. The van der Waals surface area contributed by atoms with E-state index in [-0.39, 0.29) is 6.04 Å². The van der Waals surface area contributed by atoms with Gasteiger partial charge in [0.15, 0.2) is 0 Å². The first-order valence-electron chi connectivity index (χ1n) is 4.46. The summed E-state index contributed by atoms with van der Waals surface area (Å²) in [6, 6.07) is 2.00. The van der Waals surface area contributed by atoms with Crippen molar-refractivity contribution in [2.45, 2.75) is 13.0 Å². The molecule has 74 valence electrons. The third-order valence-corrected chi connectivity index (χ3v) is 3.13. The van der Waals surface area contributed by atoms with Crippen LogP contribution in [0, 0.1) is 6.92 Å². The van der Waals surface area contributed by atoms with Crippen LogP contribution in [0.5, 0.6) is 0 Å². The zero-order valence-corrected chi connectivity index (χ0v) is 9.08. The Morgan fingerprint density at radius 2 is 2.36 bits per heavy atom. The molecule has 2 N–H and O–H groups in total. The Hall–Kier alpha value is -1.13. The second-order valence-corrected chi connectivity index (χ2v) is 4.48. The second kappa shape index (κ2) is 3.55. The van der Waals surface area contributed by atoms with Crippen molar-refractivity contribution >= 4 is 11.3 Å². The number of nitrogens with zero attached hydrogens (tertiary/aromatic N) is 2. The van der Waals surface area contributed by atoms with Gasteiger partial charge >= 0.3 is 0 Å². The molecule has 0 radical (unpaired) electrons. The highest BCUT2D eigenvalue weighted by molar-refractivity contribution is 7.10. The Kier molecular flexibility index (Phi) is 2.39. The molecule has 0 spiro atoms. The van der Waals surface area contributed by atoms with Gasteiger partial charge in [0.1, 0.15) is 5.82 Å². The maximum Gasteiger partial charge on any atom is 0.130 e. The Bertz CT molecular complexity index is 430. The van der Waals surface area contributed by atoms with E-state index in [0.29, 0.717) is 0 Å². The number of hydrogen-bond acceptors (Lipinski definition) is 3. The number of rotatable bonds is 2. The van der Waals surface area contributed by atoms with E-state index in [1.165, 1.54) is 4.88 Å². The monoisotopic (exact) mass is 207 g/mol. The minimum absolute atomic E-state index is 0.111. The third-order valence-electron chi connectivity index (χ3n) is 2.25. The molecule has 2 aromatic rings. The van der Waals surface area contributed by atoms with Crippen molar-refractivity contribution in [1.82, 2.24) is 9.55 Å². The normalized spacial score (nSPS) is 13.1. The van der Waals surface area contributed by atoms with Crippen LogP contribution in [0.2, 0.25) is 0 Å². The smallest absolute Gasteiger partial charge is 0.130 e. The predicted octanol–water partition coefficient (Wildman–Crippen LogP) is 1.84. The van der Waals surface area contributed by atoms with Crippen molar-refractivity contribution < 1.29 is 0 Å². The van der Waals surface area contributed by atoms with E-state index in [2.05, 4.69) is 23.4 Å². The highest BCUT2D eigenvalue weighted by atomic mass is 32.1. The zero-order valence-electron chi connectivity index (χ0n) is 8.27. The molecule has 2 rings (SSSR count). The molecule has 0 saturated carbocycles. The topological polar surface area (TPSA) is 43.8 Å². The Labute approximate surface area is 87.2 Å². The van der Waals surface area contributed by atoms with Crippen LogP contribution >= 0.6 is 11.3 Å². The van der Waals surface area contributed by atoms with E-state index < -0.39 is 0 Å². The molecule has 4 heteroatoms. The van der Waals surface area contributed by atoms with Crippen LogP contribution in [0.25, 0.3) is 0 Å². The first-order valence-corrected chi connectivity index (χ1v) is 5.34. The highest BCUT2D eigenvalue weighted by Gasteiger charge is 2.13. The molecular weight excluding hydrogens is 194 g/mol. The van der Waals surface area contributed by atoms with Crippen LogP contribution in [-0.4, -0.2) is 9.55 Å². The van der Waals surface area contributed by atoms with Crippen molar-refractivity contribution in [1.29, 1.82) is 0 Å². The SMILES string of the molecule is Cc1cc(C(N)c2nccn2C)cs1. The molecule has 3 nitrogen and oxygen atoms in total. The number of aryl methyl sites for hydroxylation is 2. The van der Waals surface area contributed by atoms with E-state index in [1.54, 1.807) is 17.5 Å². The minimum Gasteiger partial charge on any atom is -0.336 e. The van der Waals surface area contributed by atoms with Crippen LogP contribution in [0.1, 0.15) is 22.3 Å². The third kappa shape index (κ3) is 1.58. The number of hydrogen-bond donors (Lipinski definition) is 1. The van der Waals surface area contributed by atoms with Crippen LogP contribution in [0.3, 0.4) is 0 Å². The quantitative estimate of drug-likeness (QED) is 0.816. The molecule has 0 aliphatic heterocycles. The summed E-state index contributed by atoms with van der Waals surface area (Å²) in [6.07, 6.45) is 3.68. The molecule has 2 aromatic heterocycles. The lowest BCUT2D eigenvalue weighted by molar-refractivity contribution is 0.718. The zero-order chi connectivity index (χ0) is 10.1. The van der Waals surface area contributed by atoms with E-state index >= 15 is 0 Å². The van der Waals surface area contributed by atoms with Crippen molar-refractivity contribution in [2.75, 3.05) is 0 Å². The largest absolute Gasteiger partial charge is 0.336 e. The average molecular weight is 207 g/mol. The van der Waals surface area contributed by atoms with Crippen LogP contribution in [0.4, 0.5) is 0 Å². The van der Waals surface area contributed by atoms with Crippen LogP contribution in [0.15, 0.2) is 23.8 Å². The van der Waals surface area contributed by atoms with Crippen molar-refractivity contribution in [3.05, 3.63) is 40.1 Å². The first-order chi connectivity index (χ1) is 6.68. The summed E-state index contributed by atoms with van der Waals surface area (Å²) in [5, 5.41) is 2.09. The van der Waals surface area contributed by atoms with E-state index in [0.717, 1.165) is 11.4 Å². The number of nitrogens with two attached hydrogens (primary N) is 1. The minimum atomic E-state index is -0.111. The summed E-state index contributed by atoms with van der Waals surface area (Å²) in [5.74, 6) is 0.905. The van der Waals surface area contributed by atoms with Gasteiger partial charge in [0.2, 0.25) is 0 Å². The summed E-state index contributed by atoms with van der Waals surface area (Å²) in [4.78, 5) is 5.53. The van der Waals surface area contributed by atoms with Crippen LogP contribution < -0.4 is 5.73 Å². The van der Waals surface area contributed by atoms with Gasteiger partial charge in [-0.2, -0.15) is 0 Å².